The number of carbonyl (C=O) groups excluding carboxylic acids is 1. The maximum absolute atomic E-state index is 12.2. The van der Waals surface area contributed by atoms with Gasteiger partial charge in [-0.2, -0.15) is 12.6 Å². The molecule has 1 nitrogen and oxygen atoms in total. The number of rotatable bonds is 2. The van der Waals surface area contributed by atoms with Gasteiger partial charge < -0.3 is 0 Å². The first kappa shape index (κ1) is 10.5. The molecule has 0 bridgehead atoms. The lowest BCUT2D eigenvalue weighted by Gasteiger charge is -2.26. The van der Waals surface area contributed by atoms with Gasteiger partial charge in [-0.05, 0) is 19.3 Å². The van der Waals surface area contributed by atoms with Gasteiger partial charge in [0.25, 0.3) is 0 Å². The second-order valence-corrected chi connectivity index (χ2v) is 4.71. The van der Waals surface area contributed by atoms with Gasteiger partial charge in [-0.3, -0.25) is 4.79 Å². The summed E-state index contributed by atoms with van der Waals surface area (Å²) in [5.74, 6) is 0.113. The quantitative estimate of drug-likeness (QED) is 0.458. The fraction of sp³-hybridized carbons (Fsp3) is 0.308. The van der Waals surface area contributed by atoms with E-state index in [1.54, 1.807) is 0 Å². The van der Waals surface area contributed by atoms with E-state index in [2.05, 4.69) is 18.7 Å². The van der Waals surface area contributed by atoms with E-state index in [-0.39, 0.29) is 5.78 Å². The molecule has 1 aromatic carbocycles. The molecule has 1 unspecified atom stereocenters. The number of hydrogen-bond donors (Lipinski definition) is 1. The second-order valence-electron chi connectivity index (χ2n) is 3.91. The number of benzene rings is 1. The Labute approximate surface area is 95.6 Å². The summed E-state index contributed by atoms with van der Waals surface area (Å²) in [6.45, 7) is 0. The summed E-state index contributed by atoms with van der Waals surface area (Å²) in [7, 11) is 0. The molecule has 78 valence electrons. The van der Waals surface area contributed by atoms with Gasteiger partial charge in [0.1, 0.15) is 0 Å². The molecule has 0 aliphatic heterocycles. The molecule has 0 aromatic heterocycles. The van der Waals surface area contributed by atoms with Crippen molar-refractivity contribution in [3.63, 3.8) is 0 Å². The van der Waals surface area contributed by atoms with Crippen LogP contribution in [-0.4, -0.2) is 10.5 Å². The zero-order valence-corrected chi connectivity index (χ0v) is 9.41. The Balaban J connectivity index is 2.28. The molecule has 0 radical (unpaired) electrons. The standard InChI is InChI=1S/C13H14OS/c14-12(11-7-3-1-4-8-11)13(15)9-5-2-6-10-13/h1,3-5,7-9,15H,2,6,10H2. The number of hydrogen-bond acceptors (Lipinski definition) is 2. The van der Waals surface area contributed by atoms with E-state index in [0.717, 1.165) is 24.8 Å². The monoisotopic (exact) mass is 218 g/mol. The highest BCUT2D eigenvalue weighted by molar-refractivity contribution is 7.83. The van der Waals surface area contributed by atoms with Gasteiger partial charge in [-0.1, -0.05) is 42.5 Å². The van der Waals surface area contributed by atoms with Crippen molar-refractivity contribution in [2.45, 2.75) is 24.0 Å². The Kier molecular flexibility index (Phi) is 2.96. The second kappa shape index (κ2) is 4.23. The molecule has 0 fully saturated rings. The predicted octanol–water partition coefficient (Wildman–Crippen LogP) is 3.28. The van der Waals surface area contributed by atoms with Gasteiger partial charge in [0, 0.05) is 5.56 Å². The highest BCUT2D eigenvalue weighted by Gasteiger charge is 2.33. The van der Waals surface area contributed by atoms with Gasteiger partial charge in [-0.25, -0.2) is 0 Å². The molecular formula is C13H14OS. The van der Waals surface area contributed by atoms with Crippen molar-refractivity contribution in [1.82, 2.24) is 0 Å². The van der Waals surface area contributed by atoms with Gasteiger partial charge in [0.05, 0.1) is 4.75 Å². The van der Waals surface area contributed by atoms with Crippen LogP contribution < -0.4 is 0 Å². The van der Waals surface area contributed by atoms with Gasteiger partial charge in [0.2, 0.25) is 0 Å². The molecule has 0 saturated carbocycles. The smallest absolute Gasteiger partial charge is 0.182 e. The lowest BCUT2D eigenvalue weighted by atomic mass is 9.88. The minimum Gasteiger partial charge on any atom is -0.292 e. The Bertz CT molecular complexity index is 383. The van der Waals surface area contributed by atoms with Crippen LogP contribution in [0.5, 0.6) is 0 Å². The lowest BCUT2D eigenvalue weighted by molar-refractivity contribution is 0.0957. The summed E-state index contributed by atoms with van der Waals surface area (Å²) in [5.41, 5.74) is 0.749. The summed E-state index contributed by atoms with van der Waals surface area (Å²) in [4.78, 5) is 12.2. The van der Waals surface area contributed by atoms with E-state index >= 15 is 0 Å². The largest absolute Gasteiger partial charge is 0.292 e. The van der Waals surface area contributed by atoms with Crippen molar-refractivity contribution in [1.29, 1.82) is 0 Å². The molecule has 0 heterocycles. The van der Waals surface area contributed by atoms with E-state index in [1.165, 1.54) is 0 Å². The summed E-state index contributed by atoms with van der Waals surface area (Å²) < 4.78 is -0.584. The summed E-state index contributed by atoms with van der Waals surface area (Å²) in [6, 6.07) is 9.39. The zero-order valence-electron chi connectivity index (χ0n) is 8.52. The van der Waals surface area contributed by atoms with Gasteiger partial charge in [-0.15, -0.1) is 0 Å². The number of allylic oxidation sites excluding steroid dienone is 1. The fourth-order valence-electron chi connectivity index (χ4n) is 1.88. The van der Waals surface area contributed by atoms with Crippen molar-refractivity contribution in [3.05, 3.63) is 48.0 Å². The topological polar surface area (TPSA) is 17.1 Å². The highest BCUT2D eigenvalue weighted by Crippen LogP contribution is 2.31. The van der Waals surface area contributed by atoms with E-state index in [0.29, 0.717) is 0 Å². The van der Waals surface area contributed by atoms with Crippen molar-refractivity contribution in [3.8, 4) is 0 Å². The molecule has 0 amide bonds. The van der Waals surface area contributed by atoms with E-state index in [1.807, 2.05) is 36.4 Å². The van der Waals surface area contributed by atoms with E-state index < -0.39 is 4.75 Å². The molecule has 2 rings (SSSR count). The van der Waals surface area contributed by atoms with Crippen LogP contribution in [0.1, 0.15) is 29.6 Å². The molecule has 0 spiro atoms. The Morgan fingerprint density at radius 3 is 2.60 bits per heavy atom. The molecule has 0 saturated heterocycles. The number of carbonyl (C=O) groups is 1. The maximum Gasteiger partial charge on any atom is 0.182 e. The van der Waals surface area contributed by atoms with Crippen LogP contribution in [0.25, 0.3) is 0 Å². The third kappa shape index (κ3) is 2.15. The van der Waals surface area contributed by atoms with Crippen LogP contribution in [0.2, 0.25) is 0 Å². The third-order valence-corrected chi connectivity index (χ3v) is 3.33. The van der Waals surface area contributed by atoms with Crippen LogP contribution in [-0.2, 0) is 0 Å². The summed E-state index contributed by atoms with van der Waals surface area (Å²) >= 11 is 4.52. The molecular weight excluding hydrogens is 204 g/mol. The van der Waals surface area contributed by atoms with Crippen LogP contribution in [0.15, 0.2) is 42.5 Å². The highest BCUT2D eigenvalue weighted by atomic mass is 32.1. The molecule has 1 atom stereocenters. The van der Waals surface area contributed by atoms with Gasteiger partial charge >= 0.3 is 0 Å². The zero-order chi connectivity index (χ0) is 10.7. The summed E-state index contributed by atoms with van der Waals surface area (Å²) in [6.07, 6.45) is 6.93. The minimum atomic E-state index is -0.584. The Morgan fingerprint density at radius 2 is 2.00 bits per heavy atom. The maximum atomic E-state index is 12.2. The number of ketones is 1. The Morgan fingerprint density at radius 1 is 1.27 bits per heavy atom. The van der Waals surface area contributed by atoms with Crippen molar-refractivity contribution >= 4 is 18.4 Å². The molecule has 1 aliphatic carbocycles. The summed E-state index contributed by atoms with van der Waals surface area (Å²) in [5, 5.41) is 0. The average molecular weight is 218 g/mol. The lowest BCUT2D eigenvalue weighted by Crippen LogP contribution is -2.32. The van der Waals surface area contributed by atoms with E-state index in [9.17, 15) is 4.79 Å². The van der Waals surface area contributed by atoms with E-state index in [4.69, 9.17) is 0 Å². The number of thiol groups is 1. The van der Waals surface area contributed by atoms with Crippen LogP contribution in [0.4, 0.5) is 0 Å². The Hall–Kier alpha value is -1.02. The van der Waals surface area contributed by atoms with Crippen LogP contribution in [0, 0.1) is 0 Å². The third-order valence-electron chi connectivity index (χ3n) is 2.75. The predicted molar refractivity (Wildman–Crippen MR) is 65.5 cm³/mol. The fourth-order valence-corrected chi connectivity index (χ4v) is 2.27. The molecule has 15 heavy (non-hydrogen) atoms. The first-order chi connectivity index (χ1) is 7.22. The van der Waals surface area contributed by atoms with Crippen molar-refractivity contribution < 1.29 is 4.79 Å². The van der Waals surface area contributed by atoms with Crippen LogP contribution >= 0.6 is 12.6 Å². The number of Topliss-reactive ketones (excluding diaryl/α,β-unsaturated/α-hetero) is 1. The van der Waals surface area contributed by atoms with Crippen molar-refractivity contribution in [2.75, 3.05) is 0 Å². The first-order valence-corrected chi connectivity index (χ1v) is 5.67. The average Bonchev–Trinajstić information content (AvgIpc) is 2.30. The van der Waals surface area contributed by atoms with Crippen molar-refractivity contribution in [2.24, 2.45) is 0 Å². The molecule has 1 aliphatic rings. The minimum absolute atomic E-state index is 0.113. The molecule has 2 heteroatoms. The molecule has 0 N–H and O–H groups in total. The SMILES string of the molecule is O=C(c1ccccc1)C1(S)C=CCCC1. The molecule has 1 aromatic rings. The normalized spacial score (nSPS) is 25.1. The van der Waals surface area contributed by atoms with Gasteiger partial charge in [0.15, 0.2) is 5.78 Å². The first-order valence-electron chi connectivity index (χ1n) is 5.22. The van der Waals surface area contributed by atoms with Crippen LogP contribution in [0.3, 0.4) is 0 Å².